The molecule has 0 aliphatic carbocycles. The molecule has 3 aromatic rings. The van der Waals surface area contributed by atoms with Gasteiger partial charge in [-0.05, 0) is 24.6 Å². The van der Waals surface area contributed by atoms with Crippen LogP contribution in [0.15, 0.2) is 29.1 Å². The number of halogens is 1. The molecule has 1 aliphatic heterocycles. The monoisotopic (exact) mass is 372 g/mol. The number of aromatic hydroxyl groups is 1. The Morgan fingerprint density at radius 3 is 2.77 bits per heavy atom. The van der Waals surface area contributed by atoms with Crippen molar-refractivity contribution in [3.8, 4) is 5.75 Å². The van der Waals surface area contributed by atoms with Gasteiger partial charge in [0, 0.05) is 25.2 Å². The van der Waals surface area contributed by atoms with Crippen LogP contribution in [0.3, 0.4) is 0 Å². The minimum absolute atomic E-state index is 0.137. The van der Waals surface area contributed by atoms with E-state index in [0.717, 1.165) is 5.56 Å². The number of fused-ring (bicyclic) bond motifs is 3. The van der Waals surface area contributed by atoms with Gasteiger partial charge in [-0.1, -0.05) is 23.7 Å². The van der Waals surface area contributed by atoms with Crippen molar-refractivity contribution in [2.75, 3.05) is 13.6 Å². The van der Waals surface area contributed by atoms with E-state index in [1.54, 1.807) is 36.7 Å². The van der Waals surface area contributed by atoms with Gasteiger partial charge in [0.1, 0.15) is 5.39 Å². The maximum Gasteiger partial charge on any atom is 0.280 e. The van der Waals surface area contributed by atoms with Crippen molar-refractivity contribution in [1.29, 1.82) is 0 Å². The lowest BCUT2D eigenvalue weighted by Crippen LogP contribution is -2.37. The lowest BCUT2D eigenvalue weighted by Gasteiger charge is -2.25. The highest BCUT2D eigenvalue weighted by Crippen LogP contribution is 2.33. The van der Waals surface area contributed by atoms with E-state index in [0.29, 0.717) is 29.3 Å². The number of aromatic nitrogens is 3. The van der Waals surface area contributed by atoms with Gasteiger partial charge < -0.3 is 14.6 Å². The van der Waals surface area contributed by atoms with Gasteiger partial charge in [-0.2, -0.15) is 5.10 Å². The molecule has 134 valence electrons. The minimum atomic E-state index is -0.430. The molecular weight excluding hydrogens is 356 g/mol. The Bertz CT molecular complexity index is 1120. The number of carbonyl (C=O) groups is 1. The fourth-order valence-electron chi connectivity index (χ4n) is 3.47. The van der Waals surface area contributed by atoms with Gasteiger partial charge in [0.15, 0.2) is 11.4 Å². The van der Waals surface area contributed by atoms with Crippen LogP contribution in [0.5, 0.6) is 5.75 Å². The maximum atomic E-state index is 13.0. The molecule has 0 unspecified atom stereocenters. The van der Waals surface area contributed by atoms with Crippen LogP contribution in [0.25, 0.3) is 10.9 Å². The third kappa shape index (κ3) is 2.39. The molecule has 0 saturated heterocycles. The summed E-state index contributed by atoms with van der Waals surface area (Å²) >= 11 is 6.01. The summed E-state index contributed by atoms with van der Waals surface area (Å²) in [4.78, 5) is 26.9. The second-order valence-corrected chi connectivity index (χ2v) is 6.91. The lowest BCUT2D eigenvalue weighted by atomic mass is 10.2. The first-order valence-corrected chi connectivity index (χ1v) is 8.59. The lowest BCUT2D eigenvalue weighted by molar-refractivity contribution is 0.0747. The molecule has 0 radical (unpaired) electrons. The average molecular weight is 373 g/mol. The van der Waals surface area contributed by atoms with Crippen LogP contribution in [-0.2, 0) is 13.1 Å². The van der Waals surface area contributed by atoms with E-state index in [1.165, 1.54) is 9.58 Å². The molecule has 2 aromatic heterocycles. The normalized spacial score (nSPS) is 14.1. The number of likely N-dealkylation sites (N-methyl/N-ethyl adjacent to an activating group) is 1. The number of aryl methyl sites for hydroxylation is 1. The van der Waals surface area contributed by atoms with Gasteiger partial charge in [0.25, 0.3) is 11.5 Å². The van der Waals surface area contributed by atoms with Crippen molar-refractivity contribution >= 4 is 28.4 Å². The quantitative estimate of drug-likeness (QED) is 0.746. The Kier molecular flexibility index (Phi) is 3.77. The first kappa shape index (κ1) is 16.7. The van der Waals surface area contributed by atoms with Crippen molar-refractivity contribution in [2.45, 2.75) is 20.0 Å². The average Bonchev–Trinajstić information content (AvgIpc) is 2.90. The summed E-state index contributed by atoms with van der Waals surface area (Å²) in [7, 11) is 1.67. The Morgan fingerprint density at radius 2 is 2.04 bits per heavy atom. The molecule has 1 N–H and O–H groups in total. The maximum absolute atomic E-state index is 13.0. The molecule has 3 heterocycles. The van der Waals surface area contributed by atoms with Crippen molar-refractivity contribution in [1.82, 2.24) is 19.2 Å². The van der Waals surface area contributed by atoms with Crippen molar-refractivity contribution in [2.24, 2.45) is 0 Å². The number of carbonyl (C=O) groups excluding carboxylic acids is 1. The number of benzene rings is 1. The Morgan fingerprint density at radius 1 is 1.27 bits per heavy atom. The largest absolute Gasteiger partial charge is 0.505 e. The highest BCUT2D eigenvalue weighted by Gasteiger charge is 2.31. The van der Waals surface area contributed by atoms with Crippen molar-refractivity contribution in [3.05, 3.63) is 56.6 Å². The van der Waals surface area contributed by atoms with E-state index < -0.39 is 5.56 Å². The van der Waals surface area contributed by atoms with Crippen LogP contribution in [-0.4, -0.2) is 43.9 Å². The Labute approximate surface area is 154 Å². The molecule has 1 aromatic carbocycles. The SMILES string of the molecule is Cc1nn(Cc2cccc(Cl)c2)c(=O)c2c(O)c3n(c12)CCN(C)C3=O. The zero-order valence-corrected chi connectivity index (χ0v) is 15.1. The predicted molar refractivity (Wildman–Crippen MR) is 97.9 cm³/mol. The van der Waals surface area contributed by atoms with Crippen LogP contribution in [0.4, 0.5) is 0 Å². The van der Waals surface area contributed by atoms with E-state index in [9.17, 15) is 14.7 Å². The van der Waals surface area contributed by atoms with Crippen LogP contribution < -0.4 is 5.56 Å². The predicted octanol–water partition coefficient (Wildman–Crippen LogP) is 2.00. The number of hydrogen-bond acceptors (Lipinski definition) is 4. The summed E-state index contributed by atoms with van der Waals surface area (Å²) in [5.74, 6) is -0.572. The van der Waals surface area contributed by atoms with Gasteiger partial charge in [-0.3, -0.25) is 9.59 Å². The van der Waals surface area contributed by atoms with Crippen molar-refractivity contribution < 1.29 is 9.90 Å². The first-order chi connectivity index (χ1) is 12.4. The van der Waals surface area contributed by atoms with E-state index in [-0.39, 0.29) is 29.3 Å². The first-order valence-electron chi connectivity index (χ1n) is 8.21. The standard InChI is InChI=1S/C18H17ClN4O3/c1-10-14-13(16(24)15-18(26)21(2)6-7-22(14)15)17(25)23(20-10)9-11-4-3-5-12(19)8-11/h3-5,8,24H,6-7,9H2,1-2H3. The van der Waals surface area contributed by atoms with Gasteiger partial charge >= 0.3 is 0 Å². The van der Waals surface area contributed by atoms with Crippen LogP contribution in [0.1, 0.15) is 21.7 Å². The minimum Gasteiger partial charge on any atom is -0.505 e. The Hall–Kier alpha value is -2.80. The van der Waals surface area contributed by atoms with Gasteiger partial charge in [-0.25, -0.2) is 4.68 Å². The zero-order valence-electron chi connectivity index (χ0n) is 14.4. The van der Waals surface area contributed by atoms with Gasteiger partial charge in [-0.15, -0.1) is 0 Å². The highest BCUT2D eigenvalue weighted by molar-refractivity contribution is 6.30. The van der Waals surface area contributed by atoms with Crippen molar-refractivity contribution in [3.63, 3.8) is 0 Å². The molecular formula is C18H17ClN4O3. The number of rotatable bonds is 2. The van der Waals surface area contributed by atoms with Crippen LogP contribution in [0.2, 0.25) is 5.02 Å². The molecule has 1 amide bonds. The summed E-state index contributed by atoms with van der Waals surface area (Å²) in [6, 6.07) is 7.17. The highest BCUT2D eigenvalue weighted by atomic mass is 35.5. The molecule has 26 heavy (non-hydrogen) atoms. The molecule has 4 rings (SSSR count). The molecule has 1 aliphatic rings. The number of hydrogen-bond donors (Lipinski definition) is 1. The van der Waals surface area contributed by atoms with E-state index in [4.69, 9.17) is 11.6 Å². The molecule has 8 heteroatoms. The second kappa shape index (κ2) is 5.88. The van der Waals surface area contributed by atoms with Gasteiger partial charge in [0.2, 0.25) is 0 Å². The topological polar surface area (TPSA) is 80.4 Å². The molecule has 7 nitrogen and oxygen atoms in total. The molecule has 0 atom stereocenters. The fourth-order valence-corrected chi connectivity index (χ4v) is 3.69. The summed E-state index contributed by atoms with van der Waals surface area (Å²) in [5.41, 5.74) is 1.65. The smallest absolute Gasteiger partial charge is 0.280 e. The van der Waals surface area contributed by atoms with E-state index >= 15 is 0 Å². The Balaban J connectivity index is 1.94. The third-order valence-electron chi connectivity index (χ3n) is 4.73. The second-order valence-electron chi connectivity index (χ2n) is 6.48. The van der Waals surface area contributed by atoms with E-state index in [2.05, 4.69) is 5.10 Å². The van der Waals surface area contributed by atoms with Crippen LogP contribution >= 0.6 is 11.6 Å². The number of amides is 1. The fraction of sp³-hybridized carbons (Fsp3) is 0.278. The zero-order chi connectivity index (χ0) is 18.6. The number of nitrogens with zero attached hydrogens (tertiary/aromatic N) is 4. The summed E-state index contributed by atoms with van der Waals surface area (Å²) < 4.78 is 2.99. The molecule has 0 bridgehead atoms. The van der Waals surface area contributed by atoms with E-state index in [1.807, 2.05) is 6.07 Å². The molecule has 0 spiro atoms. The summed E-state index contributed by atoms with van der Waals surface area (Å²) in [6.45, 7) is 3.02. The van der Waals surface area contributed by atoms with Gasteiger partial charge in [0.05, 0.1) is 17.8 Å². The van der Waals surface area contributed by atoms with Crippen LogP contribution in [0, 0.1) is 6.92 Å². The molecule has 0 fully saturated rings. The summed E-state index contributed by atoms with van der Waals surface area (Å²) in [6.07, 6.45) is 0. The molecule has 0 saturated carbocycles. The third-order valence-corrected chi connectivity index (χ3v) is 4.96. The summed E-state index contributed by atoms with van der Waals surface area (Å²) in [5, 5.41) is 15.7.